The van der Waals surface area contributed by atoms with Crippen molar-refractivity contribution in [2.45, 2.75) is 26.8 Å². The van der Waals surface area contributed by atoms with Crippen LogP contribution in [0, 0.1) is 15.9 Å². The second kappa shape index (κ2) is 6.30. The number of nitro groups is 1. The van der Waals surface area contributed by atoms with Gasteiger partial charge >= 0.3 is 5.69 Å². The minimum absolute atomic E-state index is 0.384. The molecule has 1 aromatic rings. The van der Waals surface area contributed by atoms with Gasteiger partial charge in [-0.25, -0.2) is 0 Å². The third kappa shape index (κ3) is 3.49. The minimum atomic E-state index is -0.716. The normalized spacial score (nSPS) is 10.8. The standard InChI is InChI=1S/C12H17FN2O2/c1-3-8-14(4-2)9-10-6-5-7-11(12(10)13)15(16)17/h5-7H,3-4,8-9H2,1-2H3. The Morgan fingerprint density at radius 1 is 1.41 bits per heavy atom. The molecule has 0 saturated heterocycles. The van der Waals surface area contributed by atoms with Gasteiger partial charge in [0.15, 0.2) is 0 Å². The van der Waals surface area contributed by atoms with Crippen LogP contribution in [0.4, 0.5) is 10.1 Å². The fourth-order valence-corrected chi connectivity index (χ4v) is 1.74. The summed E-state index contributed by atoms with van der Waals surface area (Å²) in [6.45, 7) is 6.11. The lowest BCUT2D eigenvalue weighted by Crippen LogP contribution is -2.24. The average molecular weight is 240 g/mol. The van der Waals surface area contributed by atoms with Crippen molar-refractivity contribution in [1.29, 1.82) is 0 Å². The highest BCUT2D eigenvalue weighted by atomic mass is 19.1. The molecule has 5 heteroatoms. The third-order valence-corrected chi connectivity index (χ3v) is 2.64. The van der Waals surface area contributed by atoms with E-state index in [-0.39, 0.29) is 0 Å². The molecule has 0 fully saturated rings. The van der Waals surface area contributed by atoms with Crippen LogP contribution in [0.15, 0.2) is 18.2 Å². The van der Waals surface area contributed by atoms with E-state index in [4.69, 9.17) is 0 Å². The zero-order chi connectivity index (χ0) is 12.8. The van der Waals surface area contributed by atoms with Crippen LogP contribution in [0.3, 0.4) is 0 Å². The van der Waals surface area contributed by atoms with Crippen molar-refractivity contribution in [3.05, 3.63) is 39.7 Å². The minimum Gasteiger partial charge on any atom is -0.299 e. The SMILES string of the molecule is CCCN(CC)Cc1cccc([N+](=O)[O-])c1F. The van der Waals surface area contributed by atoms with Crippen molar-refractivity contribution in [3.63, 3.8) is 0 Å². The van der Waals surface area contributed by atoms with Gasteiger partial charge in [-0.05, 0) is 19.5 Å². The van der Waals surface area contributed by atoms with Gasteiger partial charge < -0.3 is 0 Å². The Morgan fingerprint density at radius 2 is 2.12 bits per heavy atom. The van der Waals surface area contributed by atoms with Crippen molar-refractivity contribution < 1.29 is 9.31 Å². The fourth-order valence-electron chi connectivity index (χ4n) is 1.74. The van der Waals surface area contributed by atoms with Gasteiger partial charge in [-0.15, -0.1) is 0 Å². The van der Waals surface area contributed by atoms with Gasteiger partial charge in [-0.2, -0.15) is 4.39 Å². The number of rotatable bonds is 6. The van der Waals surface area contributed by atoms with E-state index in [0.29, 0.717) is 12.1 Å². The Labute approximate surface area is 100 Å². The first-order valence-corrected chi connectivity index (χ1v) is 5.74. The van der Waals surface area contributed by atoms with Gasteiger partial charge in [-0.1, -0.05) is 26.0 Å². The van der Waals surface area contributed by atoms with Gasteiger partial charge in [0.2, 0.25) is 5.82 Å². The highest BCUT2D eigenvalue weighted by Crippen LogP contribution is 2.21. The quantitative estimate of drug-likeness (QED) is 0.567. The first-order chi connectivity index (χ1) is 8.10. The molecule has 0 unspecified atom stereocenters. The summed E-state index contributed by atoms with van der Waals surface area (Å²) >= 11 is 0. The van der Waals surface area contributed by atoms with Crippen molar-refractivity contribution in [1.82, 2.24) is 4.90 Å². The zero-order valence-corrected chi connectivity index (χ0v) is 10.1. The van der Waals surface area contributed by atoms with E-state index in [1.165, 1.54) is 12.1 Å². The lowest BCUT2D eigenvalue weighted by Gasteiger charge is -2.19. The highest BCUT2D eigenvalue weighted by Gasteiger charge is 2.18. The van der Waals surface area contributed by atoms with E-state index in [1.807, 2.05) is 13.8 Å². The summed E-state index contributed by atoms with van der Waals surface area (Å²) in [7, 11) is 0. The number of nitro benzene ring substituents is 1. The Kier molecular flexibility index (Phi) is 5.03. The van der Waals surface area contributed by atoms with E-state index < -0.39 is 16.4 Å². The monoisotopic (exact) mass is 240 g/mol. The number of benzene rings is 1. The molecule has 0 aliphatic carbocycles. The number of hydrogen-bond acceptors (Lipinski definition) is 3. The Morgan fingerprint density at radius 3 is 2.65 bits per heavy atom. The molecular weight excluding hydrogens is 223 g/mol. The molecule has 0 bridgehead atoms. The van der Waals surface area contributed by atoms with Crippen LogP contribution < -0.4 is 0 Å². The van der Waals surface area contributed by atoms with E-state index in [9.17, 15) is 14.5 Å². The number of halogens is 1. The van der Waals surface area contributed by atoms with Crippen molar-refractivity contribution >= 4 is 5.69 Å². The topological polar surface area (TPSA) is 46.4 Å². The van der Waals surface area contributed by atoms with Crippen LogP contribution in [0.5, 0.6) is 0 Å². The Balaban J connectivity index is 2.91. The van der Waals surface area contributed by atoms with E-state index in [1.54, 1.807) is 6.07 Å². The summed E-state index contributed by atoms with van der Waals surface area (Å²) in [5.41, 5.74) is -0.0652. The van der Waals surface area contributed by atoms with Gasteiger partial charge in [0.05, 0.1) is 4.92 Å². The van der Waals surface area contributed by atoms with Gasteiger partial charge in [0, 0.05) is 18.2 Å². The fraction of sp³-hybridized carbons (Fsp3) is 0.500. The summed E-state index contributed by atoms with van der Waals surface area (Å²) in [6.07, 6.45) is 0.977. The Bertz CT molecular complexity index is 396. The summed E-state index contributed by atoms with van der Waals surface area (Å²) in [6, 6.07) is 4.31. The molecule has 0 aliphatic rings. The van der Waals surface area contributed by atoms with Crippen LogP contribution in [-0.2, 0) is 6.54 Å². The predicted octanol–water partition coefficient (Wildman–Crippen LogP) is 2.97. The summed E-state index contributed by atoms with van der Waals surface area (Å²) in [5, 5.41) is 10.6. The molecule has 0 heterocycles. The van der Waals surface area contributed by atoms with E-state index in [0.717, 1.165) is 19.5 Å². The molecule has 0 aromatic heterocycles. The lowest BCUT2D eigenvalue weighted by atomic mass is 10.1. The first-order valence-electron chi connectivity index (χ1n) is 5.74. The maximum Gasteiger partial charge on any atom is 0.305 e. The van der Waals surface area contributed by atoms with Gasteiger partial charge in [0.1, 0.15) is 0 Å². The van der Waals surface area contributed by atoms with Crippen LogP contribution in [0.1, 0.15) is 25.8 Å². The number of nitrogens with zero attached hydrogens (tertiary/aromatic N) is 2. The maximum absolute atomic E-state index is 13.8. The van der Waals surface area contributed by atoms with Crippen molar-refractivity contribution in [3.8, 4) is 0 Å². The molecule has 4 nitrogen and oxygen atoms in total. The molecule has 1 aromatic carbocycles. The van der Waals surface area contributed by atoms with Gasteiger partial charge in [-0.3, -0.25) is 15.0 Å². The molecule has 0 amide bonds. The molecule has 0 aliphatic heterocycles. The predicted molar refractivity (Wildman–Crippen MR) is 64.3 cm³/mol. The molecule has 1 rings (SSSR count). The summed E-state index contributed by atoms with van der Waals surface area (Å²) in [4.78, 5) is 12.0. The highest BCUT2D eigenvalue weighted by molar-refractivity contribution is 5.36. The molecular formula is C12H17FN2O2. The van der Waals surface area contributed by atoms with Crippen LogP contribution >= 0.6 is 0 Å². The average Bonchev–Trinajstić information content (AvgIpc) is 2.30. The molecule has 0 saturated carbocycles. The van der Waals surface area contributed by atoms with Crippen LogP contribution in [0.25, 0.3) is 0 Å². The molecule has 17 heavy (non-hydrogen) atoms. The summed E-state index contributed by atoms with van der Waals surface area (Å²) in [5.74, 6) is -0.716. The summed E-state index contributed by atoms with van der Waals surface area (Å²) < 4.78 is 13.8. The van der Waals surface area contributed by atoms with E-state index >= 15 is 0 Å². The van der Waals surface area contributed by atoms with Gasteiger partial charge in [0.25, 0.3) is 0 Å². The lowest BCUT2D eigenvalue weighted by molar-refractivity contribution is -0.387. The molecule has 94 valence electrons. The molecule has 0 radical (unpaired) electrons. The van der Waals surface area contributed by atoms with Crippen molar-refractivity contribution in [2.24, 2.45) is 0 Å². The molecule has 0 atom stereocenters. The van der Waals surface area contributed by atoms with Crippen LogP contribution in [-0.4, -0.2) is 22.9 Å². The molecule has 0 N–H and O–H groups in total. The largest absolute Gasteiger partial charge is 0.305 e. The first kappa shape index (κ1) is 13.6. The smallest absolute Gasteiger partial charge is 0.299 e. The number of hydrogen-bond donors (Lipinski definition) is 0. The zero-order valence-electron chi connectivity index (χ0n) is 10.1. The second-order valence-corrected chi connectivity index (χ2v) is 3.88. The van der Waals surface area contributed by atoms with Crippen LogP contribution in [0.2, 0.25) is 0 Å². The second-order valence-electron chi connectivity index (χ2n) is 3.88. The molecule has 0 spiro atoms. The van der Waals surface area contributed by atoms with E-state index in [2.05, 4.69) is 4.90 Å². The maximum atomic E-state index is 13.8. The third-order valence-electron chi connectivity index (χ3n) is 2.64. The van der Waals surface area contributed by atoms with Crippen molar-refractivity contribution in [2.75, 3.05) is 13.1 Å². The Hall–Kier alpha value is -1.49.